The highest BCUT2D eigenvalue weighted by molar-refractivity contribution is 5.66. The third kappa shape index (κ3) is 2.67. The predicted molar refractivity (Wildman–Crippen MR) is 72.7 cm³/mol. The van der Waals surface area contributed by atoms with Crippen molar-refractivity contribution in [1.82, 2.24) is 4.98 Å². The molecule has 0 aliphatic carbocycles. The molecule has 0 saturated carbocycles. The lowest BCUT2D eigenvalue weighted by Crippen LogP contribution is -1.98. The Morgan fingerprint density at radius 2 is 1.94 bits per heavy atom. The number of nitrogens with one attached hydrogen (secondary N) is 1. The van der Waals surface area contributed by atoms with E-state index in [-0.39, 0.29) is 0 Å². The number of benzene rings is 1. The number of anilines is 2. The normalized spacial score (nSPS) is 9.78. The molecular weight excluding hydrogens is 222 g/mol. The minimum Gasteiger partial charge on any atom is -0.353 e. The van der Waals surface area contributed by atoms with Gasteiger partial charge in [-0.2, -0.15) is 5.26 Å². The number of aromatic nitrogens is 1. The van der Waals surface area contributed by atoms with Crippen LogP contribution in [0.5, 0.6) is 0 Å². The first-order chi connectivity index (χ1) is 8.85. The van der Waals surface area contributed by atoms with Gasteiger partial charge in [0.05, 0.1) is 5.69 Å². The molecule has 1 N–H and O–H groups in total. The van der Waals surface area contributed by atoms with E-state index in [9.17, 15) is 0 Å². The van der Waals surface area contributed by atoms with Crippen LogP contribution >= 0.6 is 0 Å². The Morgan fingerprint density at radius 3 is 2.72 bits per heavy atom. The SMILES string of the molecule is CCCc1ccccc1Nc1cccnc1C#N. The minimum absolute atomic E-state index is 0.420. The van der Waals surface area contributed by atoms with Gasteiger partial charge in [0.1, 0.15) is 6.07 Å². The molecule has 0 atom stereocenters. The summed E-state index contributed by atoms with van der Waals surface area (Å²) >= 11 is 0. The van der Waals surface area contributed by atoms with Crippen LogP contribution in [0.1, 0.15) is 24.6 Å². The van der Waals surface area contributed by atoms with E-state index in [4.69, 9.17) is 5.26 Å². The Morgan fingerprint density at radius 1 is 1.17 bits per heavy atom. The van der Waals surface area contributed by atoms with Gasteiger partial charge in [-0.05, 0) is 30.2 Å². The van der Waals surface area contributed by atoms with Crippen LogP contribution in [-0.4, -0.2) is 4.98 Å². The van der Waals surface area contributed by atoms with Gasteiger partial charge in [0.15, 0.2) is 5.69 Å². The van der Waals surface area contributed by atoms with Gasteiger partial charge in [0.2, 0.25) is 0 Å². The molecule has 2 rings (SSSR count). The molecule has 0 aliphatic rings. The summed E-state index contributed by atoms with van der Waals surface area (Å²) < 4.78 is 0. The zero-order chi connectivity index (χ0) is 12.8. The van der Waals surface area contributed by atoms with Crippen molar-refractivity contribution in [3.8, 4) is 6.07 Å². The fourth-order valence-electron chi connectivity index (χ4n) is 1.87. The van der Waals surface area contributed by atoms with Gasteiger partial charge in [-0.25, -0.2) is 4.98 Å². The van der Waals surface area contributed by atoms with Gasteiger partial charge in [-0.3, -0.25) is 0 Å². The second kappa shape index (κ2) is 5.83. The smallest absolute Gasteiger partial charge is 0.163 e. The Hall–Kier alpha value is -2.34. The molecule has 18 heavy (non-hydrogen) atoms. The van der Waals surface area contributed by atoms with Crippen LogP contribution in [-0.2, 0) is 6.42 Å². The first-order valence-electron chi connectivity index (χ1n) is 6.05. The monoisotopic (exact) mass is 237 g/mol. The largest absolute Gasteiger partial charge is 0.353 e. The molecule has 2 aromatic rings. The van der Waals surface area contributed by atoms with Gasteiger partial charge >= 0.3 is 0 Å². The van der Waals surface area contributed by atoms with Gasteiger partial charge in [0, 0.05) is 11.9 Å². The van der Waals surface area contributed by atoms with E-state index in [0.29, 0.717) is 5.69 Å². The number of aryl methyl sites for hydroxylation is 1. The fourth-order valence-corrected chi connectivity index (χ4v) is 1.87. The van der Waals surface area contributed by atoms with E-state index in [1.54, 1.807) is 6.20 Å². The Balaban J connectivity index is 2.31. The third-order valence-corrected chi connectivity index (χ3v) is 2.72. The standard InChI is InChI=1S/C15H15N3/c1-2-6-12-7-3-4-8-13(12)18-14-9-5-10-17-15(14)11-16/h3-5,7-10,18H,2,6H2,1H3. The molecular formula is C15H15N3. The second-order valence-corrected chi connectivity index (χ2v) is 4.04. The van der Waals surface area contributed by atoms with Crippen molar-refractivity contribution in [1.29, 1.82) is 5.26 Å². The van der Waals surface area contributed by atoms with Crippen molar-refractivity contribution in [3.05, 3.63) is 53.9 Å². The zero-order valence-corrected chi connectivity index (χ0v) is 10.4. The van der Waals surface area contributed by atoms with Gasteiger partial charge in [-0.1, -0.05) is 31.5 Å². The Bertz CT molecular complexity index is 570. The van der Waals surface area contributed by atoms with Crippen LogP contribution in [0, 0.1) is 11.3 Å². The summed E-state index contributed by atoms with van der Waals surface area (Å²) in [5.74, 6) is 0. The minimum atomic E-state index is 0.420. The molecule has 3 nitrogen and oxygen atoms in total. The number of hydrogen-bond acceptors (Lipinski definition) is 3. The fraction of sp³-hybridized carbons (Fsp3) is 0.200. The van der Waals surface area contributed by atoms with Crippen molar-refractivity contribution in [2.45, 2.75) is 19.8 Å². The Kier molecular flexibility index (Phi) is 3.93. The molecule has 3 heteroatoms. The summed E-state index contributed by atoms with van der Waals surface area (Å²) in [7, 11) is 0. The second-order valence-electron chi connectivity index (χ2n) is 4.04. The molecule has 0 radical (unpaired) electrons. The van der Waals surface area contributed by atoms with Gasteiger partial charge < -0.3 is 5.32 Å². The number of rotatable bonds is 4. The molecule has 1 aromatic carbocycles. The van der Waals surface area contributed by atoms with Crippen molar-refractivity contribution in [3.63, 3.8) is 0 Å². The number of nitriles is 1. The predicted octanol–water partition coefficient (Wildman–Crippen LogP) is 3.65. The summed E-state index contributed by atoms with van der Waals surface area (Å²) in [6.45, 7) is 2.15. The average Bonchev–Trinajstić information content (AvgIpc) is 2.42. The van der Waals surface area contributed by atoms with E-state index in [1.807, 2.05) is 30.3 Å². The topological polar surface area (TPSA) is 48.7 Å². The molecule has 0 unspecified atom stereocenters. The van der Waals surface area contributed by atoms with Crippen LogP contribution < -0.4 is 5.32 Å². The summed E-state index contributed by atoms with van der Waals surface area (Å²) in [6, 6.07) is 13.9. The first kappa shape index (κ1) is 12.1. The molecule has 0 amide bonds. The lowest BCUT2D eigenvalue weighted by atomic mass is 10.1. The van der Waals surface area contributed by atoms with E-state index in [0.717, 1.165) is 24.2 Å². The first-order valence-corrected chi connectivity index (χ1v) is 6.05. The van der Waals surface area contributed by atoms with Crippen molar-refractivity contribution < 1.29 is 0 Å². The van der Waals surface area contributed by atoms with Crippen LogP contribution in [0.3, 0.4) is 0 Å². The average molecular weight is 237 g/mol. The number of para-hydroxylation sites is 1. The highest BCUT2D eigenvalue weighted by Gasteiger charge is 2.05. The van der Waals surface area contributed by atoms with Crippen LogP contribution in [0.25, 0.3) is 0 Å². The molecule has 0 bridgehead atoms. The third-order valence-electron chi connectivity index (χ3n) is 2.72. The molecule has 0 fully saturated rings. The number of pyridine rings is 1. The van der Waals surface area contributed by atoms with Crippen molar-refractivity contribution in [2.24, 2.45) is 0 Å². The van der Waals surface area contributed by atoms with Crippen LogP contribution in [0.2, 0.25) is 0 Å². The maximum atomic E-state index is 9.02. The molecule has 1 heterocycles. The summed E-state index contributed by atoms with van der Waals surface area (Å²) in [5.41, 5.74) is 3.48. The summed E-state index contributed by atoms with van der Waals surface area (Å²) in [4.78, 5) is 4.05. The molecule has 0 saturated heterocycles. The van der Waals surface area contributed by atoms with Crippen molar-refractivity contribution >= 4 is 11.4 Å². The zero-order valence-electron chi connectivity index (χ0n) is 10.4. The lowest BCUT2D eigenvalue weighted by Gasteiger charge is -2.11. The molecule has 0 spiro atoms. The van der Waals surface area contributed by atoms with E-state index >= 15 is 0 Å². The van der Waals surface area contributed by atoms with E-state index in [2.05, 4.69) is 29.4 Å². The molecule has 1 aromatic heterocycles. The van der Waals surface area contributed by atoms with Gasteiger partial charge in [-0.15, -0.1) is 0 Å². The summed E-state index contributed by atoms with van der Waals surface area (Å²) in [6.07, 6.45) is 3.74. The Labute approximate surface area is 107 Å². The molecule has 90 valence electrons. The highest BCUT2D eigenvalue weighted by atomic mass is 14.9. The van der Waals surface area contributed by atoms with E-state index in [1.165, 1.54) is 5.56 Å². The highest BCUT2D eigenvalue weighted by Crippen LogP contribution is 2.23. The van der Waals surface area contributed by atoms with E-state index < -0.39 is 0 Å². The van der Waals surface area contributed by atoms with Crippen LogP contribution in [0.4, 0.5) is 11.4 Å². The maximum absolute atomic E-state index is 9.02. The molecule has 0 aliphatic heterocycles. The quantitative estimate of drug-likeness (QED) is 0.883. The van der Waals surface area contributed by atoms with Crippen LogP contribution in [0.15, 0.2) is 42.6 Å². The summed E-state index contributed by atoms with van der Waals surface area (Å²) in [5, 5.41) is 12.3. The number of nitrogens with zero attached hydrogens (tertiary/aromatic N) is 2. The van der Waals surface area contributed by atoms with Crippen molar-refractivity contribution in [2.75, 3.05) is 5.32 Å². The lowest BCUT2D eigenvalue weighted by molar-refractivity contribution is 0.923. The maximum Gasteiger partial charge on any atom is 0.163 e. The number of hydrogen-bond donors (Lipinski definition) is 1. The van der Waals surface area contributed by atoms with Gasteiger partial charge in [0.25, 0.3) is 0 Å².